The molecule has 1 rings (SSSR count). The van der Waals surface area contributed by atoms with E-state index in [1.54, 1.807) is 24.3 Å². The number of unbranched alkanes of at least 4 members (excludes halogenated alkanes) is 2. The molecule has 0 aliphatic carbocycles. The molecule has 0 saturated heterocycles. The van der Waals surface area contributed by atoms with E-state index in [2.05, 4.69) is 18.8 Å². The van der Waals surface area contributed by atoms with Gasteiger partial charge < -0.3 is 30.7 Å². The number of phosphoric acid groups is 2. The van der Waals surface area contributed by atoms with Crippen molar-refractivity contribution in [2.24, 2.45) is 0 Å². The van der Waals surface area contributed by atoms with E-state index < -0.39 is 27.8 Å². The van der Waals surface area contributed by atoms with Crippen molar-refractivity contribution in [3.8, 4) is 0 Å². The molecule has 0 aliphatic rings. The number of hydrogen-bond acceptors (Lipinski definition) is 9. The van der Waals surface area contributed by atoms with Crippen LogP contribution in [0.25, 0.3) is 0 Å². The highest BCUT2D eigenvalue weighted by atomic mass is 31.3. The van der Waals surface area contributed by atoms with Gasteiger partial charge in [0.25, 0.3) is 0 Å². The summed E-state index contributed by atoms with van der Waals surface area (Å²) in [4.78, 5) is 40.1. The third-order valence-corrected chi connectivity index (χ3v) is 5.63. The maximum Gasteiger partial charge on any atom is 0.502 e. The average Bonchev–Trinajstić information content (AvgIpc) is 2.64. The lowest BCUT2D eigenvalue weighted by atomic mass is 10.2. The first kappa shape index (κ1) is 25.9. The number of nitrogens with one attached hydrogen (secondary N) is 2. The topological polar surface area (TPSA) is 216 Å². The second-order valence-corrected chi connectivity index (χ2v) is 8.62. The highest BCUT2D eigenvalue weighted by Crippen LogP contribution is 2.59. The molecule has 0 heterocycles. The number of hydrogen-bond donors (Lipinski definition) is 6. The van der Waals surface area contributed by atoms with Gasteiger partial charge in [-0.05, 0) is 37.0 Å². The molecule has 0 spiro atoms. The zero-order valence-electron chi connectivity index (χ0n) is 15.6. The monoisotopic (exact) mass is 471 g/mol. The molecule has 14 nitrogen and oxygen atoms in total. The van der Waals surface area contributed by atoms with Crippen LogP contribution >= 0.6 is 15.6 Å². The van der Waals surface area contributed by atoms with Crippen LogP contribution in [0.3, 0.4) is 0 Å². The summed E-state index contributed by atoms with van der Waals surface area (Å²) in [5.41, 5.74) is 8.01. The molecule has 1 aromatic carbocycles. The molecular weight excluding hydrogens is 448 g/mol. The lowest BCUT2D eigenvalue weighted by Gasteiger charge is -2.15. The Kier molecular flexibility index (Phi) is 10.8. The Hall–Kier alpha value is -2.18. The van der Waals surface area contributed by atoms with E-state index in [4.69, 9.17) is 20.5 Å². The third-order valence-electron chi connectivity index (χ3n) is 3.15. The molecule has 0 saturated carbocycles. The molecule has 2 amide bonds. The summed E-state index contributed by atoms with van der Waals surface area (Å²) in [5, 5.41) is 10.7. The van der Waals surface area contributed by atoms with E-state index in [0.29, 0.717) is 18.5 Å². The first-order chi connectivity index (χ1) is 14.0. The molecule has 2 unspecified atom stereocenters. The first-order valence-electron chi connectivity index (χ1n) is 8.43. The van der Waals surface area contributed by atoms with Crippen LogP contribution < -0.4 is 16.5 Å². The van der Waals surface area contributed by atoms with Gasteiger partial charge in [0.2, 0.25) is 0 Å². The molecule has 30 heavy (non-hydrogen) atoms. The number of anilines is 1. The zero-order chi connectivity index (χ0) is 22.6. The molecule has 0 bridgehead atoms. The van der Waals surface area contributed by atoms with Crippen LogP contribution in [0.5, 0.6) is 0 Å². The highest BCUT2D eigenvalue weighted by molar-refractivity contribution is 7.61. The Morgan fingerprint density at radius 1 is 1.03 bits per heavy atom. The van der Waals surface area contributed by atoms with Gasteiger partial charge in [-0.25, -0.2) is 18.7 Å². The molecule has 7 N–H and O–H groups in total. The molecular formula is C14H23N3O11P2. The lowest BCUT2D eigenvalue weighted by molar-refractivity contribution is 0.0966. The number of carboxylic acid groups (broad SMARTS) is 1. The van der Waals surface area contributed by atoms with Gasteiger partial charge in [0.05, 0.1) is 6.61 Å². The molecule has 0 fully saturated rings. The first-order valence-corrected chi connectivity index (χ1v) is 11.4. The van der Waals surface area contributed by atoms with Crippen LogP contribution in [-0.4, -0.2) is 40.2 Å². The van der Waals surface area contributed by atoms with Crippen molar-refractivity contribution in [1.29, 1.82) is 0 Å². The average molecular weight is 471 g/mol. The Balaban J connectivity index is 2.12. The fourth-order valence-corrected chi connectivity index (χ4v) is 3.77. The van der Waals surface area contributed by atoms with Crippen molar-refractivity contribution in [1.82, 2.24) is 10.8 Å². The van der Waals surface area contributed by atoms with Gasteiger partial charge in [0, 0.05) is 12.2 Å². The van der Waals surface area contributed by atoms with Gasteiger partial charge in [0.15, 0.2) is 0 Å². The summed E-state index contributed by atoms with van der Waals surface area (Å²) in [6.45, 7) is 0.0717. The summed E-state index contributed by atoms with van der Waals surface area (Å²) >= 11 is 0. The van der Waals surface area contributed by atoms with Gasteiger partial charge in [0.1, 0.15) is 6.61 Å². The number of rotatable bonds is 13. The van der Waals surface area contributed by atoms with Crippen molar-refractivity contribution >= 4 is 33.5 Å². The number of phosphoric ester groups is 1. The third kappa shape index (κ3) is 12.4. The number of amides is 2. The number of hydroxylamine groups is 1. The van der Waals surface area contributed by atoms with E-state index in [-0.39, 0.29) is 26.2 Å². The molecule has 170 valence electrons. The standard InChI is InChI=1S/C14H23N3O11P2/c15-12-6-4-11(5-7-12)10-25-14(20)16-8-2-1-3-9-26-29(21,22)28-30(23,24)27-17-13(18)19/h4-7,17H,1-3,8-10,15H2,(H,16,20)(H,18,19)(H,21,22)(H,23,24). The number of alkyl carbamates (subject to hydrolysis) is 1. The molecule has 1 aromatic rings. The normalized spacial score (nSPS) is 14.9. The van der Waals surface area contributed by atoms with Crippen LogP contribution in [-0.2, 0) is 33.9 Å². The maximum atomic E-state index is 11.6. The van der Waals surface area contributed by atoms with Gasteiger partial charge in [-0.2, -0.15) is 14.4 Å². The minimum absolute atomic E-state index is 0.0894. The van der Waals surface area contributed by atoms with Gasteiger partial charge in [-0.15, -0.1) is 0 Å². The number of nitrogen functional groups attached to an aromatic ring is 1. The van der Waals surface area contributed by atoms with Crippen molar-refractivity contribution in [2.45, 2.75) is 25.9 Å². The highest BCUT2D eigenvalue weighted by Gasteiger charge is 2.36. The largest absolute Gasteiger partial charge is 0.502 e. The summed E-state index contributed by atoms with van der Waals surface area (Å²) in [6.07, 6.45) is -1.18. The van der Waals surface area contributed by atoms with E-state index in [9.17, 15) is 23.6 Å². The predicted molar refractivity (Wildman–Crippen MR) is 102 cm³/mol. The quantitative estimate of drug-likeness (QED) is 0.105. The lowest BCUT2D eigenvalue weighted by Crippen LogP contribution is -2.25. The Morgan fingerprint density at radius 3 is 2.33 bits per heavy atom. The summed E-state index contributed by atoms with van der Waals surface area (Å²) < 4.78 is 39.8. The second kappa shape index (κ2) is 12.5. The number of benzene rings is 1. The van der Waals surface area contributed by atoms with Crippen molar-refractivity contribution < 1.29 is 51.8 Å². The van der Waals surface area contributed by atoms with Crippen molar-refractivity contribution in [3.05, 3.63) is 29.8 Å². The second-order valence-electron chi connectivity index (χ2n) is 5.66. The van der Waals surface area contributed by atoms with Crippen molar-refractivity contribution in [2.75, 3.05) is 18.9 Å². The Bertz CT molecular complexity index is 790. The summed E-state index contributed by atoms with van der Waals surface area (Å²) in [5.74, 6) is 0. The van der Waals surface area contributed by atoms with Crippen LogP contribution in [0, 0.1) is 0 Å². The Labute approximate surface area is 171 Å². The van der Waals surface area contributed by atoms with Crippen LogP contribution in [0.2, 0.25) is 0 Å². The van der Waals surface area contributed by atoms with Crippen LogP contribution in [0.15, 0.2) is 24.3 Å². The number of carbonyl (C=O) groups is 2. The number of carbonyl (C=O) groups excluding carboxylic acids is 1. The minimum atomic E-state index is -5.17. The van der Waals surface area contributed by atoms with Crippen molar-refractivity contribution in [3.63, 3.8) is 0 Å². The van der Waals surface area contributed by atoms with E-state index in [0.717, 1.165) is 11.0 Å². The molecule has 0 aromatic heterocycles. The fourth-order valence-electron chi connectivity index (χ4n) is 1.86. The molecule has 16 heteroatoms. The molecule has 0 aliphatic heterocycles. The smallest absolute Gasteiger partial charge is 0.464 e. The Morgan fingerprint density at radius 2 is 1.70 bits per heavy atom. The van der Waals surface area contributed by atoms with E-state index in [1.807, 2.05) is 0 Å². The summed E-state index contributed by atoms with van der Waals surface area (Å²) in [6, 6.07) is 6.84. The number of nitrogens with two attached hydrogens (primary N) is 1. The molecule has 0 radical (unpaired) electrons. The zero-order valence-corrected chi connectivity index (χ0v) is 17.4. The van der Waals surface area contributed by atoms with E-state index >= 15 is 0 Å². The SMILES string of the molecule is Nc1ccc(COC(=O)NCCCCCOP(=O)(O)OP(=O)(O)ONC(=O)O)cc1. The van der Waals surface area contributed by atoms with Gasteiger partial charge in [-0.3, -0.25) is 4.52 Å². The van der Waals surface area contributed by atoms with E-state index in [1.165, 1.54) is 0 Å². The fraction of sp³-hybridized carbons (Fsp3) is 0.429. The summed E-state index contributed by atoms with van der Waals surface area (Å²) in [7, 11) is -10.1. The van der Waals surface area contributed by atoms with Gasteiger partial charge >= 0.3 is 27.8 Å². The van der Waals surface area contributed by atoms with Crippen LogP contribution in [0.1, 0.15) is 24.8 Å². The predicted octanol–water partition coefficient (Wildman–Crippen LogP) is 2.10. The maximum absolute atomic E-state index is 11.6. The number of ether oxygens (including phenoxy) is 1. The van der Waals surface area contributed by atoms with Crippen LogP contribution in [0.4, 0.5) is 15.3 Å². The minimum Gasteiger partial charge on any atom is -0.464 e. The molecule has 2 atom stereocenters. The van der Waals surface area contributed by atoms with Gasteiger partial charge in [-0.1, -0.05) is 12.1 Å².